The van der Waals surface area contributed by atoms with E-state index in [1.54, 1.807) is 4.68 Å². The first-order valence-electron chi connectivity index (χ1n) is 7.40. The third kappa shape index (κ3) is 3.86. The van der Waals surface area contributed by atoms with Gasteiger partial charge in [-0.05, 0) is 46.5 Å². The number of nitrogens with two attached hydrogens (primary N) is 1. The van der Waals surface area contributed by atoms with Gasteiger partial charge in [0.25, 0.3) is 0 Å². The standard InChI is InChI=1S/C15H20N6O.ClH/c1-15(9-16)6-7-20(10-15)14(22)8-12-2-4-13(5-3-12)21-11-17-18-19-21;/h2-5,11H,6-10,16H2,1H3;1H. The van der Waals surface area contributed by atoms with Crippen molar-refractivity contribution >= 4 is 18.3 Å². The van der Waals surface area contributed by atoms with E-state index in [1.807, 2.05) is 29.2 Å². The average Bonchev–Trinajstić information content (AvgIpc) is 3.18. The van der Waals surface area contributed by atoms with Crippen LogP contribution in [0, 0.1) is 5.41 Å². The molecule has 1 aliphatic heterocycles. The normalized spacial score (nSPS) is 20.3. The Labute approximate surface area is 141 Å². The van der Waals surface area contributed by atoms with Crippen LogP contribution in [0.25, 0.3) is 5.69 Å². The van der Waals surface area contributed by atoms with Gasteiger partial charge in [0.15, 0.2) is 0 Å². The van der Waals surface area contributed by atoms with Crippen LogP contribution in [0.2, 0.25) is 0 Å². The van der Waals surface area contributed by atoms with Gasteiger partial charge in [0.1, 0.15) is 6.33 Å². The van der Waals surface area contributed by atoms with Crippen LogP contribution in [0.3, 0.4) is 0 Å². The van der Waals surface area contributed by atoms with Crippen molar-refractivity contribution in [3.63, 3.8) is 0 Å². The minimum absolute atomic E-state index is 0. The number of benzene rings is 1. The second-order valence-corrected chi connectivity index (χ2v) is 6.18. The molecule has 23 heavy (non-hydrogen) atoms. The number of rotatable bonds is 4. The van der Waals surface area contributed by atoms with Crippen LogP contribution in [-0.4, -0.2) is 50.6 Å². The fourth-order valence-electron chi connectivity index (χ4n) is 2.74. The number of nitrogens with zero attached hydrogens (tertiary/aromatic N) is 5. The van der Waals surface area contributed by atoms with Crippen LogP contribution in [0.5, 0.6) is 0 Å². The Morgan fingerprint density at radius 2 is 2.09 bits per heavy atom. The topological polar surface area (TPSA) is 89.9 Å². The van der Waals surface area contributed by atoms with E-state index in [0.29, 0.717) is 13.0 Å². The molecule has 0 saturated carbocycles. The van der Waals surface area contributed by atoms with Crippen molar-refractivity contribution in [3.05, 3.63) is 36.2 Å². The summed E-state index contributed by atoms with van der Waals surface area (Å²) in [5.74, 6) is 0.160. The van der Waals surface area contributed by atoms with E-state index >= 15 is 0 Å². The number of aromatic nitrogens is 4. The Bertz CT molecular complexity index is 644. The van der Waals surface area contributed by atoms with Crippen molar-refractivity contribution < 1.29 is 4.79 Å². The molecule has 0 radical (unpaired) electrons. The van der Waals surface area contributed by atoms with E-state index < -0.39 is 0 Å². The molecular weight excluding hydrogens is 316 g/mol. The summed E-state index contributed by atoms with van der Waals surface area (Å²) >= 11 is 0. The molecule has 2 heterocycles. The molecule has 2 N–H and O–H groups in total. The molecule has 2 aromatic rings. The number of carbonyl (C=O) groups is 1. The first kappa shape index (κ1) is 17.4. The molecule has 7 nitrogen and oxygen atoms in total. The van der Waals surface area contributed by atoms with Gasteiger partial charge >= 0.3 is 0 Å². The minimum Gasteiger partial charge on any atom is -0.342 e. The highest BCUT2D eigenvalue weighted by Crippen LogP contribution is 2.28. The van der Waals surface area contributed by atoms with Crippen LogP contribution in [0.1, 0.15) is 18.9 Å². The summed E-state index contributed by atoms with van der Waals surface area (Å²) in [6.45, 7) is 4.32. The Hall–Kier alpha value is -1.99. The summed E-state index contributed by atoms with van der Waals surface area (Å²) in [5, 5.41) is 11.0. The van der Waals surface area contributed by atoms with Gasteiger partial charge in [0.05, 0.1) is 12.1 Å². The van der Waals surface area contributed by atoms with Crippen molar-refractivity contribution in [2.45, 2.75) is 19.8 Å². The van der Waals surface area contributed by atoms with E-state index in [9.17, 15) is 4.79 Å². The molecule has 3 rings (SSSR count). The van der Waals surface area contributed by atoms with Crippen molar-refractivity contribution in [1.82, 2.24) is 25.1 Å². The number of amides is 1. The molecule has 8 heteroatoms. The summed E-state index contributed by atoms with van der Waals surface area (Å²) in [6, 6.07) is 7.69. The van der Waals surface area contributed by atoms with Gasteiger partial charge in [0, 0.05) is 13.1 Å². The van der Waals surface area contributed by atoms with Crippen LogP contribution >= 0.6 is 12.4 Å². The SMILES string of the molecule is CC1(CN)CCN(C(=O)Cc2ccc(-n3cnnn3)cc2)C1.Cl. The summed E-state index contributed by atoms with van der Waals surface area (Å²) in [7, 11) is 0. The van der Waals surface area contributed by atoms with Gasteiger partial charge in [-0.1, -0.05) is 19.1 Å². The Balaban J connectivity index is 0.00000192. The predicted octanol–water partition coefficient (Wildman–Crippen LogP) is 0.824. The lowest BCUT2D eigenvalue weighted by molar-refractivity contribution is -0.129. The number of likely N-dealkylation sites (tertiary alicyclic amines) is 1. The summed E-state index contributed by atoms with van der Waals surface area (Å²) < 4.78 is 1.58. The molecule has 1 aromatic carbocycles. The Morgan fingerprint density at radius 1 is 1.35 bits per heavy atom. The number of carbonyl (C=O) groups excluding carboxylic acids is 1. The lowest BCUT2D eigenvalue weighted by Gasteiger charge is -2.22. The zero-order valence-electron chi connectivity index (χ0n) is 13.1. The van der Waals surface area contributed by atoms with Crippen LogP contribution in [0.15, 0.2) is 30.6 Å². The van der Waals surface area contributed by atoms with E-state index in [4.69, 9.17) is 5.73 Å². The molecule has 0 aliphatic carbocycles. The molecule has 1 atom stereocenters. The maximum Gasteiger partial charge on any atom is 0.227 e. The van der Waals surface area contributed by atoms with E-state index in [1.165, 1.54) is 6.33 Å². The maximum atomic E-state index is 12.4. The average molecular weight is 337 g/mol. The van der Waals surface area contributed by atoms with E-state index in [2.05, 4.69) is 22.4 Å². The largest absolute Gasteiger partial charge is 0.342 e. The summed E-state index contributed by atoms with van der Waals surface area (Å²) in [6.07, 6.45) is 2.93. The van der Waals surface area contributed by atoms with Crippen molar-refractivity contribution in [1.29, 1.82) is 0 Å². The fraction of sp³-hybridized carbons (Fsp3) is 0.467. The van der Waals surface area contributed by atoms with Crippen molar-refractivity contribution in [2.75, 3.05) is 19.6 Å². The van der Waals surface area contributed by atoms with Gasteiger partial charge in [-0.3, -0.25) is 4.79 Å². The summed E-state index contributed by atoms with van der Waals surface area (Å²) in [4.78, 5) is 14.3. The zero-order chi connectivity index (χ0) is 15.6. The van der Waals surface area contributed by atoms with Crippen molar-refractivity contribution in [3.8, 4) is 5.69 Å². The van der Waals surface area contributed by atoms with Crippen molar-refractivity contribution in [2.24, 2.45) is 11.1 Å². The zero-order valence-corrected chi connectivity index (χ0v) is 13.9. The fourth-order valence-corrected chi connectivity index (χ4v) is 2.74. The second kappa shape index (κ2) is 7.06. The third-order valence-corrected chi connectivity index (χ3v) is 4.31. The monoisotopic (exact) mass is 336 g/mol. The highest BCUT2D eigenvalue weighted by molar-refractivity contribution is 5.85. The highest BCUT2D eigenvalue weighted by atomic mass is 35.5. The molecule has 124 valence electrons. The van der Waals surface area contributed by atoms with E-state index in [-0.39, 0.29) is 23.7 Å². The number of hydrogen-bond acceptors (Lipinski definition) is 5. The number of tetrazole rings is 1. The molecule has 1 saturated heterocycles. The number of halogens is 1. The molecule has 0 spiro atoms. The molecular formula is C15H21ClN6O. The molecule has 1 aliphatic rings. The second-order valence-electron chi connectivity index (χ2n) is 6.18. The van der Waals surface area contributed by atoms with Crippen LogP contribution in [-0.2, 0) is 11.2 Å². The van der Waals surface area contributed by atoms with Gasteiger partial charge in [-0.15, -0.1) is 17.5 Å². The first-order valence-corrected chi connectivity index (χ1v) is 7.40. The molecule has 0 bridgehead atoms. The van der Waals surface area contributed by atoms with Gasteiger partial charge in [0.2, 0.25) is 5.91 Å². The quantitative estimate of drug-likeness (QED) is 0.893. The lowest BCUT2D eigenvalue weighted by atomic mass is 9.90. The Morgan fingerprint density at radius 3 is 2.65 bits per heavy atom. The highest BCUT2D eigenvalue weighted by Gasteiger charge is 2.34. The molecule has 1 unspecified atom stereocenters. The predicted molar refractivity (Wildman–Crippen MR) is 88.5 cm³/mol. The van der Waals surface area contributed by atoms with E-state index in [0.717, 1.165) is 30.8 Å². The lowest BCUT2D eigenvalue weighted by Crippen LogP contribution is -2.35. The van der Waals surface area contributed by atoms with Crippen LogP contribution in [0.4, 0.5) is 0 Å². The van der Waals surface area contributed by atoms with Gasteiger partial charge < -0.3 is 10.6 Å². The molecule has 1 fully saturated rings. The summed E-state index contributed by atoms with van der Waals surface area (Å²) in [5.41, 5.74) is 7.72. The molecule has 1 amide bonds. The van der Waals surface area contributed by atoms with Crippen LogP contribution < -0.4 is 5.73 Å². The Kier molecular flexibility index (Phi) is 5.33. The van der Waals surface area contributed by atoms with Gasteiger partial charge in [-0.2, -0.15) is 0 Å². The maximum absolute atomic E-state index is 12.4. The van der Waals surface area contributed by atoms with Gasteiger partial charge in [-0.25, -0.2) is 4.68 Å². The minimum atomic E-state index is 0. The first-order chi connectivity index (χ1) is 10.6. The number of hydrogen-bond donors (Lipinski definition) is 1. The third-order valence-electron chi connectivity index (χ3n) is 4.31. The smallest absolute Gasteiger partial charge is 0.227 e. The molecule has 1 aromatic heterocycles.